The van der Waals surface area contributed by atoms with Crippen LogP contribution in [0.2, 0.25) is 0 Å². The van der Waals surface area contributed by atoms with E-state index in [9.17, 15) is 14.7 Å². The highest BCUT2D eigenvalue weighted by Crippen LogP contribution is 2.29. The van der Waals surface area contributed by atoms with Gasteiger partial charge in [-0.1, -0.05) is 24.3 Å². The van der Waals surface area contributed by atoms with Crippen molar-refractivity contribution in [3.8, 4) is 0 Å². The van der Waals surface area contributed by atoms with Crippen molar-refractivity contribution in [1.82, 2.24) is 14.8 Å². The lowest BCUT2D eigenvalue weighted by Gasteiger charge is -2.44. The van der Waals surface area contributed by atoms with E-state index in [0.29, 0.717) is 38.0 Å². The second kappa shape index (κ2) is 11.4. The summed E-state index contributed by atoms with van der Waals surface area (Å²) < 4.78 is 12.0. The fourth-order valence-corrected chi connectivity index (χ4v) is 5.39. The largest absolute Gasteiger partial charge is 0.389 e. The normalized spacial score (nSPS) is 27.1. The molecule has 9 heteroatoms. The quantitative estimate of drug-likeness (QED) is 0.689. The van der Waals surface area contributed by atoms with E-state index in [2.05, 4.69) is 22.0 Å². The monoisotopic (exact) mass is 494 g/mol. The number of anilines is 1. The highest BCUT2D eigenvalue weighted by atomic mass is 16.5. The van der Waals surface area contributed by atoms with Crippen LogP contribution in [0.5, 0.6) is 0 Å². The fourth-order valence-electron chi connectivity index (χ4n) is 5.39. The summed E-state index contributed by atoms with van der Waals surface area (Å²) in [6.45, 7) is 3.58. The van der Waals surface area contributed by atoms with Gasteiger partial charge in [-0.15, -0.1) is 0 Å². The highest BCUT2D eigenvalue weighted by molar-refractivity contribution is 5.92. The van der Waals surface area contributed by atoms with Crippen molar-refractivity contribution in [1.29, 1.82) is 0 Å². The Labute approximate surface area is 211 Å². The minimum atomic E-state index is -0.771. The molecule has 1 N–H and O–H groups in total. The second-order valence-electron chi connectivity index (χ2n) is 9.71. The standard InChI is InChI=1S/C27H34N4O5/c32-21-17-31(27(34)23-8-4-5-11-28-23)24-10-9-22(36-25(24)19-35-18-21)16-26(33)30-14-12-29(13-15-30)20-6-2-1-3-7-20/h1-8,11,21-22,24-25,32H,9-10,12-19H2/t21-,22-,24+,25-/m1/s1. The van der Waals surface area contributed by atoms with E-state index in [4.69, 9.17) is 9.47 Å². The van der Waals surface area contributed by atoms with E-state index in [1.807, 2.05) is 23.1 Å². The SMILES string of the molecule is O=C(C[C@H]1CC[C@H]2[C@@H](COC[C@H](O)CN2C(=O)c2ccccn2)O1)N1CCN(c2ccccc2)CC1. The summed E-state index contributed by atoms with van der Waals surface area (Å²) in [6.07, 6.45) is 1.92. The van der Waals surface area contributed by atoms with Gasteiger partial charge in [0, 0.05) is 44.6 Å². The molecule has 192 valence electrons. The molecular formula is C27H34N4O5. The Morgan fingerprint density at radius 1 is 0.972 bits per heavy atom. The smallest absolute Gasteiger partial charge is 0.272 e. The molecule has 4 atom stereocenters. The molecule has 0 unspecified atom stereocenters. The number of β-amino-alcohol motifs (C(OH)–C–C–N with tert-alkyl or cyclic N) is 1. The van der Waals surface area contributed by atoms with Crippen LogP contribution in [-0.2, 0) is 14.3 Å². The molecule has 4 heterocycles. The number of benzene rings is 1. The van der Waals surface area contributed by atoms with Crippen LogP contribution in [0, 0.1) is 0 Å². The Morgan fingerprint density at radius 3 is 2.50 bits per heavy atom. The highest BCUT2D eigenvalue weighted by Gasteiger charge is 2.40. The minimum Gasteiger partial charge on any atom is -0.389 e. The molecule has 36 heavy (non-hydrogen) atoms. The molecule has 9 nitrogen and oxygen atoms in total. The lowest BCUT2D eigenvalue weighted by molar-refractivity contribution is -0.155. The summed E-state index contributed by atoms with van der Waals surface area (Å²) in [5.74, 6) is -0.115. The van der Waals surface area contributed by atoms with Gasteiger partial charge in [0.2, 0.25) is 5.91 Å². The maximum atomic E-state index is 13.3. The molecule has 5 rings (SSSR count). The van der Waals surface area contributed by atoms with E-state index < -0.39 is 6.10 Å². The van der Waals surface area contributed by atoms with Crippen molar-refractivity contribution >= 4 is 17.5 Å². The summed E-state index contributed by atoms with van der Waals surface area (Å²) in [4.78, 5) is 36.5. The molecule has 0 saturated carbocycles. The van der Waals surface area contributed by atoms with Crippen LogP contribution >= 0.6 is 0 Å². The van der Waals surface area contributed by atoms with E-state index in [1.165, 1.54) is 5.69 Å². The molecule has 0 bridgehead atoms. The number of carbonyl (C=O) groups excluding carboxylic acids is 2. The van der Waals surface area contributed by atoms with E-state index >= 15 is 0 Å². The van der Waals surface area contributed by atoms with Crippen LogP contribution in [0.4, 0.5) is 5.69 Å². The molecule has 2 aromatic rings. The molecule has 3 fully saturated rings. The summed E-state index contributed by atoms with van der Waals surface area (Å²) in [5, 5.41) is 10.3. The number of hydrogen-bond donors (Lipinski definition) is 1. The van der Waals surface area contributed by atoms with Gasteiger partial charge in [-0.2, -0.15) is 0 Å². The van der Waals surface area contributed by atoms with E-state index in [0.717, 1.165) is 13.1 Å². The Kier molecular flexibility index (Phi) is 7.79. The fraction of sp³-hybridized carbons (Fsp3) is 0.519. The molecule has 0 radical (unpaired) electrons. The maximum absolute atomic E-state index is 13.3. The molecule has 0 aliphatic carbocycles. The molecule has 0 spiro atoms. The van der Waals surface area contributed by atoms with Crippen LogP contribution in [-0.4, -0.2) is 102 Å². The summed E-state index contributed by atoms with van der Waals surface area (Å²) in [5.41, 5.74) is 1.53. The lowest BCUT2D eigenvalue weighted by Crippen LogP contribution is -2.58. The van der Waals surface area contributed by atoms with Gasteiger partial charge in [-0.25, -0.2) is 0 Å². The van der Waals surface area contributed by atoms with Crippen molar-refractivity contribution in [2.24, 2.45) is 0 Å². The van der Waals surface area contributed by atoms with Gasteiger partial charge < -0.3 is 29.3 Å². The minimum absolute atomic E-state index is 0.106. The Morgan fingerprint density at radius 2 is 1.75 bits per heavy atom. The zero-order chi connectivity index (χ0) is 24.9. The number of nitrogens with zero attached hydrogens (tertiary/aromatic N) is 4. The Balaban J connectivity index is 1.18. The van der Waals surface area contributed by atoms with Crippen molar-refractivity contribution < 1.29 is 24.2 Å². The summed E-state index contributed by atoms with van der Waals surface area (Å²) in [7, 11) is 0. The number of aliphatic hydroxyl groups is 1. The first kappa shape index (κ1) is 24.7. The van der Waals surface area contributed by atoms with Crippen LogP contribution < -0.4 is 4.90 Å². The topological polar surface area (TPSA) is 95.4 Å². The van der Waals surface area contributed by atoms with Crippen LogP contribution in [0.15, 0.2) is 54.7 Å². The number of piperazine rings is 1. The van der Waals surface area contributed by atoms with Gasteiger partial charge in [-0.3, -0.25) is 14.6 Å². The Hall–Kier alpha value is -3.01. The zero-order valence-electron chi connectivity index (χ0n) is 20.4. The lowest BCUT2D eigenvalue weighted by atomic mass is 9.94. The van der Waals surface area contributed by atoms with E-state index in [1.54, 1.807) is 29.3 Å². The second-order valence-corrected chi connectivity index (χ2v) is 9.71. The first-order valence-corrected chi connectivity index (χ1v) is 12.8. The summed E-state index contributed by atoms with van der Waals surface area (Å²) >= 11 is 0. The first-order chi connectivity index (χ1) is 17.6. The molecule has 1 aromatic heterocycles. The number of aromatic nitrogens is 1. The van der Waals surface area contributed by atoms with Crippen LogP contribution in [0.1, 0.15) is 29.8 Å². The number of carbonyl (C=O) groups is 2. The van der Waals surface area contributed by atoms with Gasteiger partial charge in [0.15, 0.2) is 0 Å². The van der Waals surface area contributed by atoms with Gasteiger partial charge in [0.1, 0.15) is 11.8 Å². The molecule has 1 aromatic carbocycles. The number of pyridine rings is 1. The third kappa shape index (κ3) is 5.69. The van der Waals surface area contributed by atoms with Crippen molar-refractivity contribution in [2.45, 2.75) is 43.6 Å². The third-order valence-electron chi connectivity index (χ3n) is 7.28. The molecule has 3 saturated heterocycles. The van der Waals surface area contributed by atoms with Gasteiger partial charge in [0.25, 0.3) is 5.91 Å². The Bertz CT molecular complexity index is 1020. The van der Waals surface area contributed by atoms with Gasteiger partial charge in [-0.05, 0) is 37.1 Å². The average Bonchev–Trinajstić information content (AvgIpc) is 2.92. The van der Waals surface area contributed by atoms with Gasteiger partial charge in [0.05, 0.1) is 37.9 Å². The van der Waals surface area contributed by atoms with Crippen molar-refractivity contribution in [3.63, 3.8) is 0 Å². The number of aliphatic hydroxyl groups excluding tert-OH is 1. The molecular weight excluding hydrogens is 460 g/mol. The molecule has 2 amide bonds. The maximum Gasteiger partial charge on any atom is 0.272 e. The average molecular weight is 495 g/mol. The number of ether oxygens (including phenoxy) is 2. The number of fused-ring (bicyclic) bond motifs is 1. The predicted octanol–water partition coefficient (Wildman–Crippen LogP) is 1.57. The number of amides is 2. The molecule has 3 aliphatic heterocycles. The van der Waals surface area contributed by atoms with Gasteiger partial charge >= 0.3 is 0 Å². The van der Waals surface area contributed by atoms with Crippen molar-refractivity contribution in [2.75, 3.05) is 50.8 Å². The van der Waals surface area contributed by atoms with Crippen molar-refractivity contribution in [3.05, 3.63) is 60.4 Å². The number of para-hydroxylation sites is 1. The van der Waals surface area contributed by atoms with Crippen LogP contribution in [0.3, 0.4) is 0 Å². The predicted molar refractivity (Wildman–Crippen MR) is 134 cm³/mol. The number of hydrogen-bond acceptors (Lipinski definition) is 7. The molecule has 3 aliphatic rings. The van der Waals surface area contributed by atoms with Crippen LogP contribution in [0.25, 0.3) is 0 Å². The zero-order valence-corrected chi connectivity index (χ0v) is 20.4. The van der Waals surface area contributed by atoms with E-state index in [-0.39, 0.29) is 49.8 Å². The third-order valence-corrected chi connectivity index (χ3v) is 7.28. The number of rotatable bonds is 4. The summed E-state index contributed by atoms with van der Waals surface area (Å²) in [6, 6.07) is 15.3. The first-order valence-electron chi connectivity index (χ1n) is 12.8.